The molecule has 0 aliphatic carbocycles. The molecule has 0 amide bonds. The van der Waals surface area contributed by atoms with Crippen LogP contribution in [0.3, 0.4) is 0 Å². The molecule has 0 saturated heterocycles. The maximum atomic E-state index is 13.9. The minimum atomic E-state index is -4.65. The lowest BCUT2D eigenvalue weighted by atomic mass is 10.2. The van der Waals surface area contributed by atoms with E-state index in [2.05, 4.69) is 6.58 Å². The maximum absolute atomic E-state index is 13.9. The third-order valence-electron chi connectivity index (χ3n) is 3.84. The highest BCUT2D eigenvalue weighted by molar-refractivity contribution is 7.73. The van der Waals surface area contributed by atoms with Gasteiger partial charge in [0.1, 0.15) is 11.6 Å². The van der Waals surface area contributed by atoms with Crippen molar-refractivity contribution in [2.24, 2.45) is 0 Å². The van der Waals surface area contributed by atoms with Crippen molar-refractivity contribution in [1.29, 1.82) is 0 Å². The Balaban J connectivity index is 2.43. The molecule has 0 heterocycles. The monoisotopic (exact) mass is 410 g/mol. The van der Waals surface area contributed by atoms with Crippen LogP contribution >= 0.6 is 7.92 Å². The summed E-state index contributed by atoms with van der Waals surface area (Å²) in [6.07, 6.45) is 3.94. The maximum Gasteiger partial charge on any atom is 0.416 e. The minimum Gasteiger partial charge on any atom is -0.207 e. The van der Waals surface area contributed by atoms with Gasteiger partial charge in [0.15, 0.2) is 0 Å². The SMILES string of the molecule is C=C(/C=C\C=C/CC)C[P@@](c1ccc(F)cc1)c1cc(F)cc(C(F)(F)F)c1. The molecule has 0 aromatic heterocycles. The van der Waals surface area contributed by atoms with E-state index in [1.54, 1.807) is 12.2 Å². The van der Waals surface area contributed by atoms with Gasteiger partial charge in [-0.1, -0.05) is 55.5 Å². The van der Waals surface area contributed by atoms with E-state index in [0.717, 1.165) is 18.6 Å². The van der Waals surface area contributed by atoms with Gasteiger partial charge in [0.2, 0.25) is 0 Å². The quantitative estimate of drug-likeness (QED) is 0.278. The number of benzene rings is 2. The summed E-state index contributed by atoms with van der Waals surface area (Å²) in [7, 11) is -1.39. The van der Waals surface area contributed by atoms with Crippen molar-refractivity contribution < 1.29 is 22.0 Å². The zero-order valence-electron chi connectivity index (χ0n) is 15.3. The second-order valence-electron chi connectivity index (χ2n) is 6.11. The summed E-state index contributed by atoms with van der Waals surface area (Å²) in [6, 6.07) is 8.09. The Kier molecular flexibility index (Phi) is 7.70. The highest BCUT2D eigenvalue weighted by atomic mass is 31.1. The van der Waals surface area contributed by atoms with Crippen molar-refractivity contribution in [3.63, 3.8) is 0 Å². The average molecular weight is 410 g/mol. The van der Waals surface area contributed by atoms with Gasteiger partial charge in [0, 0.05) is 6.16 Å². The highest BCUT2D eigenvalue weighted by Gasteiger charge is 2.32. The number of rotatable bonds is 7. The lowest BCUT2D eigenvalue weighted by Crippen LogP contribution is -2.18. The molecular weight excluding hydrogens is 390 g/mol. The fourth-order valence-corrected chi connectivity index (χ4v) is 4.77. The first-order valence-corrected chi connectivity index (χ1v) is 10.1. The van der Waals surface area contributed by atoms with E-state index in [1.165, 1.54) is 24.3 Å². The summed E-state index contributed by atoms with van der Waals surface area (Å²) < 4.78 is 66.6. The van der Waals surface area contributed by atoms with Gasteiger partial charge in [-0.2, -0.15) is 13.2 Å². The van der Waals surface area contributed by atoms with Crippen molar-refractivity contribution in [2.75, 3.05) is 6.16 Å². The Bertz CT molecular complexity index is 863. The third kappa shape index (κ3) is 6.42. The molecule has 0 nitrogen and oxygen atoms in total. The van der Waals surface area contributed by atoms with Gasteiger partial charge >= 0.3 is 6.18 Å². The summed E-state index contributed by atoms with van der Waals surface area (Å²) in [6.45, 7) is 5.95. The lowest BCUT2D eigenvalue weighted by molar-refractivity contribution is -0.137. The standard InChI is InChI=1S/C22H20F5P/c1-3-4-5-6-7-16(2)15-28(20-10-8-18(23)9-11-20)21-13-17(22(25,26)27)12-19(24)14-21/h4-14H,2-3,15H2,1H3/b5-4-,7-6-/t28-/m0/s1. The Labute approximate surface area is 162 Å². The van der Waals surface area contributed by atoms with Crippen LogP contribution in [-0.2, 0) is 6.18 Å². The molecule has 2 rings (SSSR count). The second kappa shape index (κ2) is 9.79. The molecule has 2 aromatic rings. The van der Waals surface area contributed by atoms with Crippen LogP contribution in [0.15, 0.2) is 78.9 Å². The van der Waals surface area contributed by atoms with Gasteiger partial charge in [-0.25, -0.2) is 8.78 Å². The Hall–Kier alpha value is -2.26. The fraction of sp³-hybridized carbons (Fsp3) is 0.182. The van der Waals surface area contributed by atoms with Crippen molar-refractivity contribution in [1.82, 2.24) is 0 Å². The van der Waals surface area contributed by atoms with E-state index in [9.17, 15) is 22.0 Å². The number of hydrogen-bond donors (Lipinski definition) is 0. The number of allylic oxidation sites excluding steroid dienone is 5. The summed E-state index contributed by atoms with van der Waals surface area (Å²) in [5.41, 5.74) is -0.349. The molecule has 0 unspecified atom stereocenters. The van der Waals surface area contributed by atoms with Crippen LogP contribution in [0.5, 0.6) is 0 Å². The molecule has 148 valence electrons. The van der Waals surface area contributed by atoms with E-state index in [0.29, 0.717) is 23.1 Å². The van der Waals surface area contributed by atoms with E-state index >= 15 is 0 Å². The first-order valence-electron chi connectivity index (χ1n) is 8.62. The predicted molar refractivity (Wildman–Crippen MR) is 107 cm³/mol. The predicted octanol–water partition coefficient (Wildman–Crippen LogP) is 6.49. The number of alkyl halides is 3. The van der Waals surface area contributed by atoms with Gasteiger partial charge in [0.25, 0.3) is 0 Å². The van der Waals surface area contributed by atoms with Crippen molar-refractivity contribution in [2.45, 2.75) is 19.5 Å². The molecular formula is C22H20F5P. The zero-order chi connectivity index (χ0) is 20.7. The smallest absolute Gasteiger partial charge is 0.207 e. The Morgan fingerprint density at radius 3 is 2.25 bits per heavy atom. The first-order chi connectivity index (χ1) is 13.2. The van der Waals surface area contributed by atoms with E-state index in [1.807, 2.05) is 19.1 Å². The summed E-state index contributed by atoms with van der Waals surface area (Å²) in [5, 5.41) is 0.876. The van der Waals surface area contributed by atoms with Gasteiger partial charge in [-0.15, -0.1) is 0 Å². The van der Waals surface area contributed by atoms with Crippen LogP contribution in [0.25, 0.3) is 0 Å². The molecule has 0 N–H and O–H groups in total. The van der Waals surface area contributed by atoms with E-state index in [4.69, 9.17) is 0 Å². The second-order valence-corrected chi connectivity index (χ2v) is 8.32. The van der Waals surface area contributed by atoms with Crippen molar-refractivity contribution in [3.8, 4) is 0 Å². The van der Waals surface area contributed by atoms with Crippen LogP contribution in [0, 0.1) is 11.6 Å². The molecule has 0 fully saturated rings. The highest BCUT2D eigenvalue weighted by Crippen LogP contribution is 2.38. The zero-order valence-corrected chi connectivity index (χ0v) is 16.2. The molecule has 2 aromatic carbocycles. The van der Waals surface area contributed by atoms with E-state index < -0.39 is 31.3 Å². The topological polar surface area (TPSA) is 0 Å². The minimum absolute atomic E-state index is 0.229. The molecule has 6 heteroatoms. The van der Waals surface area contributed by atoms with Crippen LogP contribution in [0.4, 0.5) is 22.0 Å². The van der Waals surface area contributed by atoms with Crippen LogP contribution in [0.2, 0.25) is 0 Å². The fourth-order valence-electron chi connectivity index (χ4n) is 2.51. The molecule has 0 bridgehead atoms. The van der Waals surface area contributed by atoms with E-state index in [-0.39, 0.29) is 5.30 Å². The Morgan fingerprint density at radius 1 is 0.964 bits per heavy atom. The molecule has 0 radical (unpaired) electrons. The van der Waals surface area contributed by atoms with Gasteiger partial charge in [0.05, 0.1) is 5.56 Å². The Morgan fingerprint density at radius 2 is 1.64 bits per heavy atom. The summed E-state index contributed by atoms with van der Waals surface area (Å²) in [4.78, 5) is 0. The van der Waals surface area contributed by atoms with Crippen LogP contribution < -0.4 is 10.6 Å². The normalized spacial score (nSPS) is 13.4. The molecule has 28 heavy (non-hydrogen) atoms. The number of halogens is 5. The molecule has 0 aliphatic heterocycles. The van der Waals surface area contributed by atoms with Crippen LogP contribution in [0.1, 0.15) is 18.9 Å². The van der Waals surface area contributed by atoms with Gasteiger partial charge in [-0.05, 0) is 55.3 Å². The van der Waals surface area contributed by atoms with Crippen molar-refractivity contribution >= 4 is 18.5 Å². The average Bonchev–Trinajstić information content (AvgIpc) is 2.63. The number of hydrogen-bond acceptors (Lipinski definition) is 0. The summed E-state index contributed by atoms with van der Waals surface area (Å²) >= 11 is 0. The summed E-state index contributed by atoms with van der Waals surface area (Å²) in [5.74, 6) is -1.40. The van der Waals surface area contributed by atoms with Crippen molar-refractivity contribution in [3.05, 3.63) is 96.1 Å². The molecule has 0 spiro atoms. The van der Waals surface area contributed by atoms with Gasteiger partial charge < -0.3 is 0 Å². The largest absolute Gasteiger partial charge is 0.416 e. The molecule has 0 aliphatic rings. The molecule has 0 saturated carbocycles. The lowest BCUT2D eigenvalue weighted by Gasteiger charge is -2.20. The molecule has 1 atom stereocenters. The van der Waals surface area contributed by atoms with Gasteiger partial charge in [-0.3, -0.25) is 0 Å². The third-order valence-corrected chi connectivity index (χ3v) is 6.36. The van der Waals surface area contributed by atoms with Crippen LogP contribution in [-0.4, -0.2) is 6.16 Å². The first kappa shape index (κ1) is 22.0.